The Labute approximate surface area is 140 Å². The van der Waals surface area contributed by atoms with E-state index in [4.69, 9.17) is 20.5 Å². The summed E-state index contributed by atoms with van der Waals surface area (Å²) in [6, 6.07) is 15.0. The van der Waals surface area contributed by atoms with E-state index >= 15 is 0 Å². The Bertz CT molecular complexity index is 802. The highest BCUT2D eigenvalue weighted by Crippen LogP contribution is 2.29. The van der Waals surface area contributed by atoms with Crippen molar-refractivity contribution >= 4 is 12.0 Å². The molecule has 0 unspecified atom stereocenters. The summed E-state index contributed by atoms with van der Waals surface area (Å²) in [6.45, 7) is 2.44. The number of nitrogens with zero attached hydrogens (tertiary/aromatic N) is 1. The van der Waals surface area contributed by atoms with Crippen molar-refractivity contribution in [3.63, 3.8) is 0 Å². The second-order valence-electron chi connectivity index (χ2n) is 5.22. The predicted octanol–water partition coefficient (Wildman–Crippen LogP) is 2.97. The Kier molecular flexibility index (Phi) is 5.58. The van der Waals surface area contributed by atoms with E-state index in [2.05, 4.69) is 0 Å². The Morgan fingerprint density at radius 1 is 1.21 bits per heavy atom. The minimum atomic E-state index is -0.767. The fraction of sp³-hybridized carbons (Fsp3) is 0.158. The number of amides is 1. The van der Waals surface area contributed by atoms with Crippen molar-refractivity contribution < 1.29 is 14.3 Å². The van der Waals surface area contributed by atoms with Gasteiger partial charge in [0.15, 0.2) is 11.5 Å². The molecular weight excluding hydrogens is 304 g/mol. The van der Waals surface area contributed by atoms with Gasteiger partial charge in [0.05, 0.1) is 7.11 Å². The largest absolute Gasteiger partial charge is 0.493 e. The number of ether oxygens (including phenoxy) is 2. The molecule has 2 aromatic rings. The van der Waals surface area contributed by atoms with Crippen LogP contribution >= 0.6 is 0 Å². The molecule has 2 rings (SSSR count). The number of carbonyl (C=O) groups excluding carboxylic acids is 1. The minimum Gasteiger partial charge on any atom is -0.493 e. The van der Waals surface area contributed by atoms with Gasteiger partial charge in [-0.1, -0.05) is 35.9 Å². The van der Waals surface area contributed by atoms with Crippen LogP contribution in [-0.2, 0) is 11.4 Å². The lowest BCUT2D eigenvalue weighted by Gasteiger charge is -2.11. The monoisotopic (exact) mass is 322 g/mol. The van der Waals surface area contributed by atoms with Crippen molar-refractivity contribution in [2.75, 3.05) is 7.11 Å². The van der Waals surface area contributed by atoms with Crippen LogP contribution in [0.5, 0.6) is 11.5 Å². The van der Waals surface area contributed by atoms with Crippen LogP contribution in [0.4, 0.5) is 0 Å². The lowest BCUT2D eigenvalue weighted by molar-refractivity contribution is -0.114. The fourth-order valence-electron chi connectivity index (χ4n) is 2.06. The van der Waals surface area contributed by atoms with Gasteiger partial charge in [-0.3, -0.25) is 4.79 Å². The summed E-state index contributed by atoms with van der Waals surface area (Å²) >= 11 is 0. The summed E-state index contributed by atoms with van der Waals surface area (Å²) in [5.74, 6) is 0.321. The van der Waals surface area contributed by atoms with Crippen LogP contribution in [0, 0.1) is 18.3 Å². The van der Waals surface area contributed by atoms with Crippen LogP contribution in [0.25, 0.3) is 6.08 Å². The van der Waals surface area contributed by atoms with Crippen LogP contribution in [-0.4, -0.2) is 13.0 Å². The van der Waals surface area contributed by atoms with Gasteiger partial charge in [-0.2, -0.15) is 5.26 Å². The Hall–Kier alpha value is -3.26. The zero-order chi connectivity index (χ0) is 17.5. The lowest BCUT2D eigenvalue weighted by atomic mass is 10.1. The first-order valence-electron chi connectivity index (χ1n) is 7.31. The summed E-state index contributed by atoms with van der Waals surface area (Å²) in [4.78, 5) is 11.1. The second kappa shape index (κ2) is 7.84. The normalized spacial score (nSPS) is 10.8. The molecule has 5 nitrogen and oxygen atoms in total. The number of benzene rings is 2. The number of carbonyl (C=O) groups is 1. The van der Waals surface area contributed by atoms with Gasteiger partial charge in [0, 0.05) is 0 Å². The van der Waals surface area contributed by atoms with E-state index < -0.39 is 5.91 Å². The summed E-state index contributed by atoms with van der Waals surface area (Å²) in [5.41, 5.74) is 7.88. The van der Waals surface area contributed by atoms with Crippen LogP contribution in [0.2, 0.25) is 0 Å². The highest BCUT2D eigenvalue weighted by molar-refractivity contribution is 6.00. The van der Waals surface area contributed by atoms with Crippen LogP contribution < -0.4 is 15.2 Å². The fourth-order valence-corrected chi connectivity index (χ4v) is 2.06. The molecule has 0 bridgehead atoms. The number of nitrogens with two attached hydrogens (primary N) is 1. The summed E-state index contributed by atoms with van der Waals surface area (Å²) in [7, 11) is 1.53. The Morgan fingerprint density at radius 2 is 1.92 bits per heavy atom. The predicted molar refractivity (Wildman–Crippen MR) is 91.3 cm³/mol. The zero-order valence-electron chi connectivity index (χ0n) is 13.6. The van der Waals surface area contributed by atoms with Crippen molar-refractivity contribution in [2.45, 2.75) is 13.5 Å². The van der Waals surface area contributed by atoms with E-state index in [1.54, 1.807) is 24.3 Å². The lowest BCUT2D eigenvalue weighted by Crippen LogP contribution is -2.12. The van der Waals surface area contributed by atoms with Crippen LogP contribution in [0.1, 0.15) is 16.7 Å². The van der Waals surface area contributed by atoms with Crippen LogP contribution in [0.15, 0.2) is 48.0 Å². The highest BCUT2D eigenvalue weighted by Gasteiger charge is 2.08. The molecule has 0 fully saturated rings. The Morgan fingerprint density at radius 3 is 2.50 bits per heavy atom. The SMILES string of the molecule is COc1cc(/C=C(/C#N)C(N)=O)ccc1OCc1ccc(C)cc1. The number of primary amides is 1. The van der Waals surface area contributed by atoms with E-state index in [0.29, 0.717) is 23.7 Å². The van der Waals surface area contributed by atoms with Crippen molar-refractivity contribution in [1.82, 2.24) is 0 Å². The maximum absolute atomic E-state index is 11.1. The molecule has 2 N–H and O–H groups in total. The van der Waals surface area contributed by atoms with Gasteiger partial charge in [-0.05, 0) is 36.3 Å². The number of hydrogen-bond donors (Lipinski definition) is 1. The molecule has 2 aromatic carbocycles. The molecule has 5 heteroatoms. The topological polar surface area (TPSA) is 85.3 Å². The van der Waals surface area contributed by atoms with Gasteiger partial charge in [0.25, 0.3) is 5.91 Å². The van der Waals surface area contributed by atoms with Crippen molar-refractivity contribution in [1.29, 1.82) is 5.26 Å². The van der Waals surface area contributed by atoms with Gasteiger partial charge in [-0.25, -0.2) is 0 Å². The first kappa shape index (κ1) is 17.1. The van der Waals surface area contributed by atoms with Crippen LogP contribution in [0.3, 0.4) is 0 Å². The van der Waals surface area contributed by atoms with Crippen molar-refractivity contribution in [3.8, 4) is 17.6 Å². The molecule has 0 heterocycles. The van der Waals surface area contributed by atoms with Gasteiger partial charge in [0.1, 0.15) is 18.2 Å². The molecule has 24 heavy (non-hydrogen) atoms. The number of rotatable bonds is 6. The standard InChI is InChI=1S/C19H18N2O3/c1-13-3-5-14(6-4-13)12-24-17-8-7-15(10-18(17)23-2)9-16(11-20)19(21)22/h3-10H,12H2,1-2H3,(H2,21,22)/b16-9-. The molecule has 0 spiro atoms. The van der Waals surface area contributed by atoms with E-state index in [-0.39, 0.29) is 5.57 Å². The van der Waals surface area contributed by atoms with E-state index in [1.165, 1.54) is 18.7 Å². The number of methoxy groups -OCH3 is 1. The van der Waals surface area contributed by atoms with Crippen molar-refractivity contribution in [3.05, 3.63) is 64.7 Å². The quantitative estimate of drug-likeness (QED) is 0.654. The number of aryl methyl sites for hydroxylation is 1. The smallest absolute Gasteiger partial charge is 0.259 e. The average molecular weight is 322 g/mol. The van der Waals surface area contributed by atoms with Gasteiger partial charge < -0.3 is 15.2 Å². The molecule has 0 saturated carbocycles. The number of nitriles is 1. The van der Waals surface area contributed by atoms with E-state index in [1.807, 2.05) is 31.2 Å². The minimum absolute atomic E-state index is 0.120. The molecule has 1 amide bonds. The molecule has 0 aliphatic rings. The summed E-state index contributed by atoms with van der Waals surface area (Å²) < 4.78 is 11.1. The first-order valence-corrected chi connectivity index (χ1v) is 7.31. The molecule has 0 aromatic heterocycles. The maximum atomic E-state index is 11.1. The first-order chi connectivity index (χ1) is 11.5. The summed E-state index contributed by atoms with van der Waals surface area (Å²) in [5, 5.41) is 8.89. The molecule has 0 radical (unpaired) electrons. The zero-order valence-corrected chi connectivity index (χ0v) is 13.6. The summed E-state index contributed by atoms with van der Waals surface area (Å²) in [6.07, 6.45) is 1.41. The third kappa shape index (κ3) is 4.37. The second-order valence-corrected chi connectivity index (χ2v) is 5.22. The highest BCUT2D eigenvalue weighted by atomic mass is 16.5. The third-order valence-electron chi connectivity index (χ3n) is 3.40. The molecule has 0 atom stereocenters. The Balaban J connectivity index is 2.18. The molecular formula is C19H18N2O3. The number of hydrogen-bond acceptors (Lipinski definition) is 4. The average Bonchev–Trinajstić information content (AvgIpc) is 2.59. The van der Waals surface area contributed by atoms with Gasteiger partial charge >= 0.3 is 0 Å². The molecule has 122 valence electrons. The van der Waals surface area contributed by atoms with E-state index in [9.17, 15) is 4.79 Å². The van der Waals surface area contributed by atoms with Gasteiger partial charge in [-0.15, -0.1) is 0 Å². The molecule has 0 saturated heterocycles. The third-order valence-corrected chi connectivity index (χ3v) is 3.40. The van der Waals surface area contributed by atoms with Crippen molar-refractivity contribution in [2.24, 2.45) is 5.73 Å². The maximum Gasteiger partial charge on any atom is 0.259 e. The van der Waals surface area contributed by atoms with E-state index in [0.717, 1.165) is 5.56 Å². The molecule has 0 aliphatic carbocycles. The van der Waals surface area contributed by atoms with Gasteiger partial charge in [0.2, 0.25) is 0 Å². The molecule has 0 aliphatic heterocycles.